The Labute approximate surface area is 115 Å². The van der Waals surface area contributed by atoms with Crippen molar-refractivity contribution in [3.05, 3.63) is 52.5 Å². The number of rotatable bonds is 2. The first kappa shape index (κ1) is 12.3. The Balaban J connectivity index is 2.09. The lowest BCUT2D eigenvalue weighted by Crippen LogP contribution is -2.05. The van der Waals surface area contributed by atoms with E-state index in [0.29, 0.717) is 22.1 Å². The van der Waals surface area contributed by atoms with Crippen molar-refractivity contribution >= 4 is 22.6 Å². The fourth-order valence-corrected chi connectivity index (χ4v) is 2.43. The molecule has 0 spiro atoms. The van der Waals surface area contributed by atoms with Gasteiger partial charge in [0, 0.05) is 12.4 Å². The summed E-state index contributed by atoms with van der Waals surface area (Å²) in [6.07, 6.45) is -0.852. The summed E-state index contributed by atoms with van der Waals surface area (Å²) in [6.45, 7) is 1.88. The van der Waals surface area contributed by atoms with Crippen LogP contribution < -0.4 is 0 Å². The van der Waals surface area contributed by atoms with Gasteiger partial charge in [-0.1, -0.05) is 23.7 Å². The summed E-state index contributed by atoms with van der Waals surface area (Å²) in [5, 5.41) is 16.0. The van der Waals surface area contributed by atoms with Gasteiger partial charge in [-0.25, -0.2) is 0 Å². The number of hydrogen-bond donors (Lipinski definition) is 1. The number of fused-ring (bicyclic) bond motifs is 1. The van der Waals surface area contributed by atoms with E-state index in [1.165, 1.54) is 0 Å². The highest BCUT2D eigenvalue weighted by Crippen LogP contribution is 2.31. The Hall–Kier alpha value is -1.78. The molecule has 0 aliphatic carbocycles. The number of aliphatic hydroxyl groups is 1. The number of hydrogen-bond acceptors (Lipinski definition) is 3. The second-order valence-electron chi connectivity index (χ2n) is 4.54. The van der Waals surface area contributed by atoms with Crippen LogP contribution in [0.5, 0.6) is 0 Å². The van der Waals surface area contributed by atoms with Gasteiger partial charge in [0.15, 0.2) is 11.7 Å². The minimum absolute atomic E-state index is 0.464. The average molecular weight is 277 g/mol. The minimum Gasteiger partial charge on any atom is -0.456 e. The highest BCUT2D eigenvalue weighted by atomic mass is 35.5. The average Bonchev–Trinajstić information content (AvgIpc) is 2.93. The molecule has 0 aliphatic heterocycles. The highest BCUT2D eigenvalue weighted by Gasteiger charge is 2.20. The third-order valence-corrected chi connectivity index (χ3v) is 3.40. The largest absolute Gasteiger partial charge is 0.456 e. The molecule has 1 unspecified atom stereocenters. The second-order valence-corrected chi connectivity index (χ2v) is 4.95. The van der Waals surface area contributed by atoms with Crippen molar-refractivity contribution in [2.75, 3.05) is 0 Å². The smallest absolute Gasteiger partial charge is 0.153 e. The predicted octanol–water partition coefficient (Wildman–Crippen LogP) is 3.21. The van der Waals surface area contributed by atoms with Crippen LogP contribution in [-0.2, 0) is 7.05 Å². The van der Waals surface area contributed by atoms with Crippen LogP contribution in [-0.4, -0.2) is 14.9 Å². The molecule has 0 amide bonds. The van der Waals surface area contributed by atoms with Crippen LogP contribution in [0.4, 0.5) is 0 Å². The predicted molar refractivity (Wildman–Crippen MR) is 73.2 cm³/mol. The van der Waals surface area contributed by atoms with E-state index in [1.54, 1.807) is 23.9 Å². The molecule has 0 fully saturated rings. The van der Waals surface area contributed by atoms with Crippen molar-refractivity contribution in [1.82, 2.24) is 9.78 Å². The number of halogens is 1. The minimum atomic E-state index is -0.852. The molecule has 19 heavy (non-hydrogen) atoms. The molecule has 2 heterocycles. The lowest BCUT2D eigenvalue weighted by molar-refractivity contribution is 0.183. The van der Waals surface area contributed by atoms with Gasteiger partial charge in [-0.15, -0.1) is 0 Å². The molecule has 5 heteroatoms. The zero-order chi connectivity index (χ0) is 13.6. The maximum absolute atomic E-state index is 10.4. The Kier molecular flexibility index (Phi) is 2.84. The van der Waals surface area contributed by atoms with Gasteiger partial charge in [-0.3, -0.25) is 4.68 Å². The second kappa shape index (κ2) is 4.40. The number of para-hydroxylation sites is 1. The molecule has 0 aliphatic rings. The first-order valence-electron chi connectivity index (χ1n) is 5.93. The Morgan fingerprint density at radius 1 is 1.37 bits per heavy atom. The summed E-state index contributed by atoms with van der Waals surface area (Å²) in [5.74, 6) is 0.464. The first-order valence-corrected chi connectivity index (χ1v) is 6.30. The topological polar surface area (TPSA) is 51.2 Å². The van der Waals surface area contributed by atoms with Gasteiger partial charge in [0.05, 0.1) is 16.4 Å². The van der Waals surface area contributed by atoms with Gasteiger partial charge >= 0.3 is 0 Å². The van der Waals surface area contributed by atoms with Gasteiger partial charge in [-0.05, 0) is 25.1 Å². The summed E-state index contributed by atoms with van der Waals surface area (Å²) in [5.41, 5.74) is 2.13. The van der Waals surface area contributed by atoms with Crippen molar-refractivity contribution in [2.45, 2.75) is 13.0 Å². The monoisotopic (exact) mass is 276 g/mol. The SMILES string of the molecule is Cc1cc(C(O)c2cc3cccc(Cl)c3o2)n(C)n1. The zero-order valence-corrected chi connectivity index (χ0v) is 11.3. The van der Waals surface area contributed by atoms with Crippen molar-refractivity contribution in [3.8, 4) is 0 Å². The molecule has 1 aromatic carbocycles. The van der Waals surface area contributed by atoms with E-state index in [4.69, 9.17) is 16.0 Å². The molecule has 1 N–H and O–H groups in total. The molecule has 2 aromatic heterocycles. The normalized spacial score (nSPS) is 13.1. The van der Waals surface area contributed by atoms with E-state index in [0.717, 1.165) is 11.1 Å². The van der Waals surface area contributed by atoms with Crippen molar-refractivity contribution in [2.24, 2.45) is 7.05 Å². The molecule has 98 valence electrons. The molecule has 0 saturated carbocycles. The molecular weight excluding hydrogens is 264 g/mol. The quantitative estimate of drug-likeness (QED) is 0.782. The number of nitrogens with zero attached hydrogens (tertiary/aromatic N) is 2. The van der Waals surface area contributed by atoms with Gasteiger partial charge < -0.3 is 9.52 Å². The number of benzene rings is 1. The third-order valence-electron chi connectivity index (χ3n) is 3.10. The van der Waals surface area contributed by atoms with Crippen LogP contribution >= 0.6 is 11.6 Å². The van der Waals surface area contributed by atoms with Crippen molar-refractivity contribution in [3.63, 3.8) is 0 Å². The molecule has 3 aromatic rings. The standard InChI is InChI=1S/C14H13ClN2O2/c1-8-6-11(17(2)16-8)13(18)12-7-9-4-3-5-10(15)14(9)19-12/h3-7,13,18H,1-2H3. The molecule has 1 atom stereocenters. The summed E-state index contributed by atoms with van der Waals surface area (Å²) < 4.78 is 7.30. The van der Waals surface area contributed by atoms with E-state index >= 15 is 0 Å². The van der Waals surface area contributed by atoms with E-state index in [2.05, 4.69) is 5.10 Å². The van der Waals surface area contributed by atoms with Crippen LogP contribution in [0.1, 0.15) is 23.3 Å². The van der Waals surface area contributed by atoms with Crippen LogP contribution in [0.25, 0.3) is 11.0 Å². The number of furan rings is 1. The Morgan fingerprint density at radius 3 is 2.79 bits per heavy atom. The van der Waals surface area contributed by atoms with Crippen LogP contribution in [0.15, 0.2) is 34.7 Å². The summed E-state index contributed by atoms with van der Waals surface area (Å²) in [6, 6.07) is 9.14. The van der Waals surface area contributed by atoms with Gasteiger partial charge in [0.25, 0.3) is 0 Å². The van der Waals surface area contributed by atoms with Crippen molar-refractivity contribution < 1.29 is 9.52 Å². The van der Waals surface area contributed by atoms with Crippen LogP contribution in [0.2, 0.25) is 5.02 Å². The van der Waals surface area contributed by atoms with E-state index < -0.39 is 6.10 Å². The zero-order valence-electron chi connectivity index (χ0n) is 10.6. The highest BCUT2D eigenvalue weighted by molar-refractivity contribution is 6.34. The summed E-state index contributed by atoms with van der Waals surface area (Å²) in [7, 11) is 1.79. The molecule has 0 radical (unpaired) electrons. The molecule has 0 saturated heterocycles. The van der Waals surface area contributed by atoms with Crippen LogP contribution in [0, 0.1) is 6.92 Å². The maximum atomic E-state index is 10.4. The van der Waals surface area contributed by atoms with Gasteiger partial charge in [0.1, 0.15) is 5.76 Å². The maximum Gasteiger partial charge on any atom is 0.153 e. The van der Waals surface area contributed by atoms with E-state index in [9.17, 15) is 5.11 Å². The van der Waals surface area contributed by atoms with Crippen LogP contribution in [0.3, 0.4) is 0 Å². The number of aryl methyl sites for hydroxylation is 2. The third kappa shape index (κ3) is 2.03. The fraction of sp³-hybridized carbons (Fsp3) is 0.214. The van der Waals surface area contributed by atoms with E-state index in [-0.39, 0.29) is 0 Å². The van der Waals surface area contributed by atoms with Crippen molar-refractivity contribution in [1.29, 1.82) is 0 Å². The van der Waals surface area contributed by atoms with Gasteiger partial charge in [0.2, 0.25) is 0 Å². The summed E-state index contributed by atoms with van der Waals surface area (Å²) in [4.78, 5) is 0. The molecule has 0 bridgehead atoms. The van der Waals surface area contributed by atoms with Gasteiger partial charge in [-0.2, -0.15) is 5.10 Å². The molecular formula is C14H13ClN2O2. The lowest BCUT2D eigenvalue weighted by Gasteiger charge is -2.07. The molecule has 3 rings (SSSR count). The first-order chi connectivity index (χ1) is 9.06. The molecule has 4 nitrogen and oxygen atoms in total. The number of aromatic nitrogens is 2. The number of aliphatic hydroxyl groups excluding tert-OH is 1. The Morgan fingerprint density at radius 2 is 2.16 bits per heavy atom. The Bertz CT molecular complexity index is 745. The fourth-order valence-electron chi connectivity index (χ4n) is 2.21. The lowest BCUT2D eigenvalue weighted by atomic mass is 10.1. The van der Waals surface area contributed by atoms with E-state index in [1.807, 2.05) is 25.1 Å². The summed E-state index contributed by atoms with van der Waals surface area (Å²) >= 11 is 6.06.